The summed E-state index contributed by atoms with van der Waals surface area (Å²) in [5.41, 5.74) is 1.49. The Morgan fingerprint density at radius 3 is 2.48 bits per heavy atom. The molecule has 13 nitrogen and oxygen atoms in total. The number of hydrogen-bond acceptors (Lipinski definition) is 9. The second-order valence-electron chi connectivity index (χ2n) is 12.4. The molecule has 1 aliphatic heterocycles. The van der Waals surface area contributed by atoms with Gasteiger partial charge in [0.05, 0.1) is 30.4 Å². The summed E-state index contributed by atoms with van der Waals surface area (Å²) in [4.78, 5) is 28.7. The van der Waals surface area contributed by atoms with Crippen molar-refractivity contribution >= 4 is 33.3 Å². The number of ether oxygens (including phenoxy) is 2. The first kappa shape index (κ1) is 36.8. The maximum Gasteiger partial charge on any atom is 0.323 e. The van der Waals surface area contributed by atoms with Gasteiger partial charge in [-0.05, 0) is 77.3 Å². The van der Waals surface area contributed by atoms with Crippen molar-refractivity contribution in [3.63, 3.8) is 0 Å². The quantitative estimate of drug-likeness (QED) is 0.294. The standard InChI is InChI=1S/C34H47N5O8S/c1-22-19-39(23(2)21-40)33(41)29-18-28(36-34(42)35-27-13-8-7-9-14-27)15-16-30(29)46-24(3)12-10-11-17-45-31(22)20-38(6)48(43,44)32-25(4)37-47-26(32)5/h7-9,13-16,18,22-24,31,40H,10-12,17,19-21H2,1-6H3,(H2,35,36,42)/t22-,23-,24+,31+/m0/s1. The molecular weight excluding hydrogens is 638 g/mol. The van der Waals surface area contributed by atoms with E-state index in [0.29, 0.717) is 30.2 Å². The van der Waals surface area contributed by atoms with Crippen LogP contribution in [0.1, 0.15) is 61.8 Å². The molecule has 0 radical (unpaired) electrons. The lowest BCUT2D eigenvalue weighted by molar-refractivity contribution is -0.00835. The second-order valence-corrected chi connectivity index (χ2v) is 14.4. The number of aryl methyl sites for hydroxylation is 2. The van der Waals surface area contributed by atoms with E-state index in [1.807, 2.05) is 32.0 Å². The molecule has 3 aromatic rings. The number of nitrogens with one attached hydrogen (secondary N) is 2. The molecule has 0 bridgehead atoms. The summed E-state index contributed by atoms with van der Waals surface area (Å²) in [6, 6.07) is 12.8. The molecule has 0 saturated heterocycles. The van der Waals surface area contributed by atoms with Crippen LogP contribution in [-0.4, -0.2) is 91.4 Å². The van der Waals surface area contributed by atoms with Crippen molar-refractivity contribution in [3.8, 4) is 5.75 Å². The minimum atomic E-state index is -3.95. The van der Waals surface area contributed by atoms with Crippen LogP contribution < -0.4 is 15.4 Å². The van der Waals surface area contributed by atoms with Crippen LogP contribution in [0.4, 0.5) is 16.2 Å². The van der Waals surface area contributed by atoms with Crippen LogP contribution in [0.2, 0.25) is 0 Å². The number of sulfonamides is 1. The molecule has 4 rings (SSSR count). The first-order chi connectivity index (χ1) is 22.8. The highest BCUT2D eigenvalue weighted by atomic mass is 32.2. The number of para-hydroxylation sites is 1. The van der Waals surface area contributed by atoms with E-state index in [1.165, 1.54) is 16.3 Å². The molecule has 0 fully saturated rings. The van der Waals surface area contributed by atoms with E-state index in [1.54, 1.807) is 51.1 Å². The Kier molecular flexibility index (Phi) is 12.6. The number of anilines is 2. The number of carbonyl (C=O) groups is 2. The number of carbonyl (C=O) groups excluding carboxylic acids is 2. The van der Waals surface area contributed by atoms with Gasteiger partial charge in [-0.2, -0.15) is 4.31 Å². The molecule has 0 unspecified atom stereocenters. The number of likely N-dealkylation sites (N-methyl/N-ethyl adjacent to an activating group) is 1. The van der Waals surface area contributed by atoms with E-state index in [0.717, 1.165) is 12.8 Å². The minimum absolute atomic E-state index is 0.0177. The van der Waals surface area contributed by atoms with Gasteiger partial charge in [0.25, 0.3) is 5.91 Å². The zero-order valence-electron chi connectivity index (χ0n) is 28.4. The SMILES string of the molecule is Cc1noc(C)c1S(=O)(=O)N(C)C[C@H]1OCCCC[C@@H](C)Oc2ccc(NC(=O)Nc3ccccc3)cc2C(=O)N([C@@H](C)CO)C[C@@H]1C. The predicted octanol–water partition coefficient (Wildman–Crippen LogP) is 5.05. The van der Waals surface area contributed by atoms with Crippen LogP contribution in [0.25, 0.3) is 0 Å². The summed E-state index contributed by atoms with van der Waals surface area (Å²) in [5, 5.41) is 19.6. The van der Waals surface area contributed by atoms with Crippen molar-refractivity contribution in [2.24, 2.45) is 5.92 Å². The number of aliphatic hydroxyl groups is 1. The molecule has 14 heteroatoms. The molecule has 3 amide bonds. The van der Waals surface area contributed by atoms with Crippen molar-refractivity contribution in [1.29, 1.82) is 0 Å². The summed E-state index contributed by atoms with van der Waals surface area (Å²) in [5.74, 6) is -0.201. The maximum atomic E-state index is 14.3. The van der Waals surface area contributed by atoms with Crippen molar-refractivity contribution in [3.05, 3.63) is 65.5 Å². The summed E-state index contributed by atoms with van der Waals surface area (Å²) in [7, 11) is -2.46. The molecule has 3 N–H and O–H groups in total. The average molecular weight is 686 g/mol. The Morgan fingerprint density at radius 2 is 1.81 bits per heavy atom. The zero-order valence-corrected chi connectivity index (χ0v) is 29.2. The molecule has 1 aromatic heterocycles. The molecule has 2 aromatic carbocycles. The van der Waals surface area contributed by atoms with Crippen molar-refractivity contribution < 1.29 is 37.1 Å². The van der Waals surface area contributed by atoms with Crippen LogP contribution in [-0.2, 0) is 14.8 Å². The van der Waals surface area contributed by atoms with E-state index in [-0.39, 0.29) is 53.6 Å². The molecule has 262 valence electrons. The fraction of sp³-hybridized carbons (Fsp3) is 0.500. The van der Waals surface area contributed by atoms with Gasteiger partial charge in [-0.25, -0.2) is 13.2 Å². The van der Waals surface area contributed by atoms with Crippen LogP contribution >= 0.6 is 0 Å². The fourth-order valence-electron chi connectivity index (χ4n) is 5.63. The number of amides is 3. The molecular formula is C34H47N5O8S. The van der Waals surface area contributed by atoms with Gasteiger partial charge in [-0.3, -0.25) is 4.79 Å². The molecule has 48 heavy (non-hydrogen) atoms. The van der Waals surface area contributed by atoms with Gasteiger partial charge in [-0.15, -0.1) is 0 Å². The van der Waals surface area contributed by atoms with Crippen LogP contribution in [0.5, 0.6) is 5.75 Å². The number of aromatic nitrogens is 1. The third-order valence-corrected chi connectivity index (χ3v) is 10.5. The van der Waals surface area contributed by atoms with Gasteiger partial charge in [0.2, 0.25) is 10.0 Å². The van der Waals surface area contributed by atoms with Crippen molar-refractivity contribution in [2.75, 3.05) is 44.0 Å². The summed E-state index contributed by atoms with van der Waals surface area (Å²) >= 11 is 0. The highest BCUT2D eigenvalue weighted by Crippen LogP contribution is 2.29. The van der Waals surface area contributed by atoms with E-state index < -0.39 is 34.1 Å². The van der Waals surface area contributed by atoms with Gasteiger partial charge in [0.1, 0.15) is 16.3 Å². The molecule has 0 aliphatic carbocycles. The Hall–Kier alpha value is -3.98. The van der Waals surface area contributed by atoms with E-state index in [2.05, 4.69) is 15.8 Å². The van der Waals surface area contributed by atoms with Gasteiger partial charge in [0.15, 0.2) is 5.76 Å². The number of rotatable bonds is 8. The number of fused-ring (bicyclic) bond motifs is 1. The first-order valence-electron chi connectivity index (χ1n) is 16.2. The summed E-state index contributed by atoms with van der Waals surface area (Å²) in [6.07, 6.45) is 1.38. The maximum absolute atomic E-state index is 14.3. The van der Waals surface area contributed by atoms with Gasteiger partial charge in [0, 0.05) is 44.0 Å². The zero-order chi connectivity index (χ0) is 35.0. The van der Waals surface area contributed by atoms with Gasteiger partial charge >= 0.3 is 6.03 Å². The number of nitrogens with zero attached hydrogens (tertiary/aromatic N) is 3. The Labute approximate surface area is 282 Å². The molecule has 1 aliphatic rings. The van der Waals surface area contributed by atoms with Crippen molar-refractivity contribution in [1.82, 2.24) is 14.4 Å². The lowest BCUT2D eigenvalue weighted by Crippen LogP contribution is -2.48. The van der Waals surface area contributed by atoms with E-state index >= 15 is 0 Å². The van der Waals surface area contributed by atoms with Gasteiger partial charge in [-0.1, -0.05) is 30.3 Å². The number of urea groups is 1. The number of aliphatic hydroxyl groups excluding tert-OH is 1. The molecule has 0 saturated carbocycles. The highest BCUT2D eigenvalue weighted by molar-refractivity contribution is 7.89. The lowest BCUT2D eigenvalue weighted by atomic mass is 10.0. The number of benzene rings is 2. The van der Waals surface area contributed by atoms with E-state index in [9.17, 15) is 23.1 Å². The third-order valence-electron chi connectivity index (χ3n) is 8.41. The molecule has 2 heterocycles. The Morgan fingerprint density at radius 1 is 1.10 bits per heavy atom. The van der Waals surface area contributed by atoms with Crippen LogP contribution in [0.15, 0.2) is 57.9 Å². The molecule has 0 spiro atoms. The van der Waals surface area contributed by atoms with Gasteiger partial charge < -0.3 is 34.6 Å². The topological polar surface area (TPSA) is 164 Å². The normalized spacial score (nSPS) is 20.4. The first-order valence-corrected chi connectivity index (χ1v) is 17.6. The smallest absolute Gasteiger partial charge is 0.323 e. The lowest BCUT2D eigenvalue weighted by Gasteiger charge is -2.35. The Balaban J connectivity index is 1.64. The van der Waals surface area contributed by atoms with Crippen molar-refractivity contribution in [2.45, 2.75) is 77.0 Å². The summed E-state index contributed by atoms with van der Waals surface area (Å²) < 4.78 is 46.0. The molecule has 4 atom stereocenters. The average Bonchev–Trinajstić information content (AvgIpc) is 3.40. The monoisotopic (exact) mass is 685 g/mol. The summed E-state index contributed by atoms with van der Waals surface area (Å²) in [6.45, 7) is 8.93. The highest BCUT2D eigenvalue weighted by Gasteiger charge is 2.34. The minimum Gasteiger partial charge on any atom is -0.490 e. The largest absolute Gasteiger partial charge is 0.490 e. The van der Waals surface area contributed by atoms with E-state index in [4.69, 9.17) is 14.0 Å². The fourth-order valence-corrected chi connectivity index (χ4v) is 7.09. The predicted molar refractivity (Wildman–Crippen MR) is 182 cm³/mol. The third kappa shape index (κ3) is 9.13. The second kappa shape index (κ2) is 16.4. The van der Waals surface area contributed by atoms with Crippen LogP contribution in [0, 0.1) is 19.8 Å². The number of hydrogen-bond donors (Lipinski definition) is 3. The Bertz CT molecular complexity index is 1630. The van der Waals surface area contributed by atoms with Crippen LogP contribution in [0.3, 0.4) is 0 Å².